The maximum absolute atomic E-state index is 11.5. The second kappa shape index (κ2) is 11.4. The van der Waals surface area contributed by atoms with Crippen molar-refractivity contribution in [3.63, 3.8) is 0 Å². The zero-order valence-electron chi connectivity index (χ0n) is 16.1. The summed E-state index contributed by atoms with van der Waals surface area (Å²) in [5.41, 5.74) is 0.175. The molecule has 0 unspecified atom stereocenters. The second-order valence-electron chi connectivity index (χ2n) is 8.17. The van der Waals surface area contributed by atoms with Crippen molar-refractivity contribution in [3.05, 3.63) is 0 Å². The lowest BCUT2D eigenvalue weighted by Crippen LogP contribution is -2.19. The third-order valence-corrected chi connectivity index (χ3v) is 2.58. The summed E-state index contributed by atoms with van der Waals surface area (Å²) in [4.78, 5) is 23.0. The van der Waals surface area contributed by atoms with E-state index in [9.17, 15) is 9.59 Å². The van der Waals surface area contributed by atoms with E-state index in [1.807, 2.05) is 0 Å². The summed E-state index contributed by atoms with van der Waals surface area (Å²) in [6, 6.07) is 0. The van der Waals surface area contributed by atoms with Gasteiger partial charge in [-0.2, -0.15) is 0 Å². The molecule has 0 aliphatic carbocycles. The molecule has 0 saturated carbocycles. The molecule has 6 nitrogen and oxygen atoms in total. The van der Waals surface area contributed by atoms with Gasteiger partial charge in [-0.3, -0.25) is 9.59 Å². The highest BCUT2D eigenvalue weighted by molar-refractivity contribution is 5.77. The largest absolute Gasteiger partial charge is 0.463 e. The van der Waals surface area contributed by atoms with Gasteiger partial charge in [0.15, 0.2) is 0 Å². The number of rotatable bonds is 11. The molecule has 0 fully saturated rings. The van der Waals surface area contributed by atoms with Crippen molar-refractivity contribution >= 4 is 11.9 Å². The van der Waals surface area contributed by atoms with Crippen LogP contribution in [0.3, 0.4) is 0 Å². The Morgan fingerprint density at radius 2 is 0.958 bits per heavy atom. The minimum Gasteiger partial charge on any atom is -0.463 e. The van der Waals surface area contributed by atoms with Crippen molar-refractivity contribution < 1.29 is 28.5 Å². The Morgan fingerprint density at radius 3 is 1.25 bits per heavy atom. The molecule has 6 heteroatoms. The van der Waals surface area contributed by atoms with Gasteiger partial charge in [0, 0.05) is 0 Å². The first-order valence-electron chi connectivity index (χ1n) is 8.46. The van der Waals surface area contributed by atoms with Gasteiger partial charge in [0.1, 0.15) is 13.2 Å². The molecule has 0 radical (unpaired) electrons. The van der Waals surface area contributed by atoms with Crippen molar-refractivity contribution in [2.45, 2.75) is 54.4 Å². The van der Waals surface area contributed by atoms with E-state index < -0.39 is 11.9 Å². The van der Waals surface area contributed by atoms with Gasteiger partial charge >= 0.3 is 11.9 Å². The maximum Gasteiger partial charge on any atom is 0.306 e. The van der Waals surface area contributed by atoms with Crippen molar-refractivity contribution in [3.8, 4) is 0 Å². The average Bonchev–Trinajstić information content (AvgIpc) is 2.42. The lowest BCUT2D eigenvalue weighted by molar-refractivity contribution is -0.152. The molecule has 0 atom stereocenters. The normalized spacial score (nSPS) is 12.1. The number of carbonyl (C=O) groups is 2. The van der Waals surface area contributed by atoms with E-state index in [0.29, 0.717) is 26.4 Å². The minimum atomic E-state index is -0.421. The van der Waals surface area contributed by atoms with Crippen LogP contribution in [0, 0.1) is 10.8 Å². The molecule has 24 heavy (non-hydrogen) atoms. The van der Waals surface area contributed by atoms with Crippen LogP contribution in [-0.4, -0.2) is 51.6 Å². The number of ether oxygens (including phenoxy) is 4. The van der Waals surface area contributed by atoms with Crippen LogP contribution in [0.2, 0.25) is 0 Å². The van der Waals surface area contributed by atoms with Crippen molar-refractivity contribution in [2.75, 3.05) is 39.6 Å². The predicted octanol–water partition coefficient (Wildman–Crippen LogP) is 2.98. The zero-order valence-corrected chi connectivity index (χ0v) is 16.1. The molecule has 142 valence electrons. The molecule has 0 rings (SSSR count). The first-order valence-corrected chi connectivity index (χ1v) is 8.46. The van der Waals surface area contributed by atoms with Gasteiger partial charge in [-0.25, -0.2) is 0 Å². The van der Waals surface area contributed by atoms with Gasteiger partial charge in [-0.05, 0) is 10.8 Å². The monoisotopic (exact) mass is 346 g/mol. The molecule has 0 aromatic heterocycles. The fourth-order valence-corrected chi connectivity index (χ4v) is 1.53. The van der Waals surface area contributed by atoms with Crippen LogP contribution in [0.25, 0.3) is 0 Å². The molecular weight excluding hydrogens is 312 g/mol. The van der Waals surface area contributed by atoms with Crippen LogP contribution >= 0.6 is 0 Å². The van der Waals surface area contributed by atoms with Gasteiger partial charge in [0.05, 0.1) is 39.3 Å². The summed E-state index contributed by atoms with van der Waals surface area (Å²) in [6.45, 7) is 14.7. The molecule has 0 aliphatic rings. The summed E-state index contributed by atoms with van der Waals surface area (Å²) >= 11 is 0. The molecule has 0 aliphatic heterocycles. The summed E-state index contributed by atoms with van der Waals surface area (Å²) in [5.74, 6) is -0.842. The topological polar surface area (TPSA) is 71.1 Å². The standard InChI is InChI=1S/C18H34O6/c1-17(2,3)13-21-9-11-23-15(19)7-8-16(20)24-12-10-22-14-18(4,5)6/h7-14H2,1-6H3. The fraction of sp³-hybridized carbons (Fsp3) is 0.889. The smallest absolute Gasteiger partial charge is 0.306 e. The highest BCUT2D eigenvalue weighted by atomic mass is 16.6. The Labute approximate surface area is 146 Å². The Balaban J connectivity index is 3.53. The van der Waals surface area contributed by atoms with E-state index in [-0.39, 0.29) is 36.9 Å². The van der Waals surface area contributed by atoms with Crippen LogP contribution in [-0.2, 0) is 28.5 Å². The van der Waals surface area contributed by atoms with Gasteiger partial charge in [-0.15, -0.1) is 0 Å². The Kier molecular flexibility index (Phi) is 10.9. The number of esters is 2. The van der Waals surface area contributed by atoms with E-state index >= 15 is 0 Å². The van der Waals surface area contributed by atoms with Crippen molar-refractivity contribution in [2.24, 2.45) is 10.8 Å². The van der Waals surface area contributed by atoms with Crippen LogP contribution in [0.15, 0.2) is 0 Å². The highest BCUT2D eigenvalue weighted by Crippen LogP contribution is 2.13. The SMILES string of the molecule is CC(C)(C)COCCOC(=O)CCC(=O)OCCOCC(C)(C)C. The molecule has 0 heterocycles. The number of carbonyl (C=O) groups excluding carboxylic acids is 2. The van der Waals surface area contributed by atoms with Crippen LogP contribution in [0.4, 0.5) is 0 Å². The first-order chi connectivity index (χ1) is 11.0. The quantitative estimate of drug-likeness (QED) is 0.423. The summed E-state index contributed by atoms with van der Waals surface area (Å²) in [5, 5.41) is 0. The Bertz CT molecular complexity index is 329. The molecular formula is C18H34O6. The molecule has 0 bridgehead atoms. The fourth-order valence-electron chi connectivity index (χ4n) is 1.53. The molecule has 0 spiro atoms. The Hall–Kier alpha value is -1.14. The highest BCUT2D eigenvalue weighted by Gasteiger charge is 2.12. The van der Waals surface area contributed by atoms with Crippen LogP contribution in [0.1, 0.15) is 54.4 Å². The maximum atomic E-state index is 11.5. The summed E-state index contributed by atoms with van der Waals surface area (Å²) in [7, 11) is 0. The van der Waals surface area contributed by atoms with Gasteiger partial charge in [0.25, 0.3) is 0 Å². The number of hydrogen-bond acceptors (Lipinski definition) is 6. The van der Waals surface area contributed by atoms with E-state index in [1.54, 1.807) is 0 Å². The van der Waals surface area contributed by atoms with E-state index in [4.69, 9.17) is 18.9 Å². The number of hydrogen-bond donors (Lipinski definition) is 0. The van der Waals surface area contributed by atoms with Gasteiger partial charge in [0.2, 0.25) is 0 Å². The lowest BCUT2D eigenvalue weighted by Gasteiger charge is -2.18. The van der Waals surface area contributed by atoms with Crippen LogP contribution in [0.5, 0.6) is 0 Å². The van der Waals surface area contributed by atoms with E-state index in [0.717, 1.165) is 0 Å². The summed E-state index contributed by atoms with van der Waals surface area (Å²) in [6.07, 6.45) is 0.0297. The van der Waals surface area contributed by atoms with E-state index in [2.05, 4.69) is 41.5 Å². The molecule has 0 aromatic carbocycles. The molecule has 0 N–H and O–H groups in total. The average molecular weight is 346 g/mol. The van der Waals surface area contributed by atoms with Gasteiger partial charge in [-0.1, -0.05) is 41.5 Å². The lowest BCUT2D eigenvalue weighted by atomic mass is 9.99. The molecule has 0 aromatic rings. The van der Waals surface area contributed by atoms with Gasteiger partial charge < -0.3 is 18.9 Å². The van der Waals surface area contributed by atoms with Crippen LogP contribution < -0.4 is 0 Å². The van der Waals surface area contributed by atoms with Crippen molar-refractivity contribution in [1.29, 1.82) is 0 Å². The third-order valence-electron chi connectivity index (χ3n) is 2.58. The molecule has 0 saturated heterocycles. The zero-order chi connectivity index (χ0) is 18.6. The first kappa shape index (κ1) is 22.9. The minimum absolute atomic E-state index is 0.0148. The Morgan fingerprint density at radius 1 is 0.625 bits per heavy atom. The molecule has 0 amide bonds. The van der Waals surface area contributed by atoms with Crippen molar-refractivity contribution in [1.82, 2.24) is 0 Å². The summed E-state index contributed by atoms with van der Waals surface area (Å²) < 4.78 is 20.8. The third kappa shape index (κ3) is 17.2. The second-order valence-corrected chi connectivity index (χ2v) is 8.17. The predicted molar refractivity (Wildman–Crippen MR) is 91.7 cm³/mol. The van der Waals surface area contributed by atoms with E-state index in [1.165, 1.54) is 0 Å².